The van der Waals surface area contributed by atoms with Gasteiger partial charge in [0, 0.05) is 60.6 Å². The number of piperazine rings is 1. The van der Waals surface area contributed by atoms with Gasteiger partial charge < -0.3 is 25.8 Å². The van der Waals surface area contributed by atoms with E-state index in [1.165, 1.54) is 5.69 Å². The number of hydrogen-bond donors (Lipinski definition) is 3. The van der Waals surface area contributed by atoms with E-state index in [4.69, 9.17) is 11.6 Å². The van der Waals surface area contributed by atoms with Gasteiger partial charge in [0.1, 0.15) is 5.92 Å². The van der Waals surface area contributed by atoms with Gasteiger partial charge in [0.25, 0.3) is 0 Å². The number of carbonyl (C=O) groups is 3. The average Bonchev–Trinajstić information content (AvgIpc) is 3.35. The number of rotatable bonds is 7. The molecule has 2 aliphatic rings. The fourth-order valence-electron chi connectivity index (χ4n) is 5.30. The maximum Gasteiger partial charge on any atom is 0.323 e. The number of benzene rings is 4. The first kappa shape index (κ1) is 29.1. The molecule has 0 saturated carbocycles. The standard InChI is InChI=1S/C34H31ClN6O3/c1-40-15-17-41(18-16-40)26-12-10-24(11-13-26)36-21-28-27-14-9-23(20-31(27)38-33(28)43)32(42)22-5-4-6-25(19-22)37-34(44)39-30-8-3-2-7-29(30)35/h2-14,19-21,28H,15-18H2,1H3,(H,38,43)(H2,37,39,44). The van der Waals surface area contributed by atoms with E-state index in [0.717, 1.165) is 37.4 Å². The average molecular weight is 607 g/mol. The molecule has 2 aliphatic heterocycles. The first-order chi connectivity index (χ1) is 21.3. The van der Waals surface area contributed by atoms with Gasteiger partial charge in [0.15, 0.2) is 5.78 Å². The van der Waals surface area contributed by atoms with Gasteiger partial charge in [0.2, 0.25) is 5.91 Å². The molecule has 1 fully saturated rings. The van der Waals surface area contributed by atoms with Crippen molar-refractivity contribution in [3.63, 3.8) is 0 Å². The Labute approximate surface area is 260 Å². The van der Waals surface area contributed by atoms with Crippen LogP contribution in [-0.4, -0.2) is 62.1 Å². The summed E-state index contributed by atoms with van der Waals surface area (Å²) >= 11 is 6.12. The number of carbonyl (C=O) groups excluding carboxylic acids is 3. The van der Waals surface area contributed by atoms with Crippen LogP contribution in [-0.2, 0) is 4.79 Å². The molecule has 6 rings (SSSR count). The Balaban J connectivity index is 1.11. The van der Waals surface area contributed by atoms with Crippen LogP contribution in [0.3, 0.4) is 0 Å². The van der Waals surface area contributed by atoms with Crippen molar-refractivity contribution in [1.29, 1.82) is 0 Å². The van der Waals surface area contributed by atoms with Crippen molar-refractivity contribution in [2.45, 2.75) is 5.92 Å². The molecule has 222 valence electrons. The number of anilines is 4. The van der Waals surface area contributed by atoms with Crippen molar-refractivity contribution in [2.75, 3.05) is 54.1 Å². The molecule has 3 amide bonds. The molecular formula is C34H31ClN6O3. The minimum absolute atomic E-state index is 0.196. The van der Waals surface area contributed by atoms with Crippen LogP contribution < -0.4 is 20.9 Å². The summed E-state index contributed by atoms with van der Waals surface area (Å²) in [6, 6.07) is 26.3. The molecule has 9 nitrogen and oxygen atoms in total. The normalized spacial score (nSPS) is 16.5. The first-order valence-corrected chi connectivity index (χ1v) is 14.7. The van der Waals surface area contributed by atoms with Crippen LogP contribution in [0, 0.1) is 0 Å². The Hall–Kier alpha value is -4.99. The number of ketones is 1. The van der Waals surface area contributed by atoms with Gasteiger partial charge in [-0.05, 0) is 67.2 Å². The Morgan fingerprint density at radius 1 is 0.886 bits per heavy atom. The predicted octanol–water partition coefficient (Wildman–Crippen LogP) is 6.41. The molecule has 4 aromatic rings. The van der Waals surface area contributed by atoms with Gasteiger partial charge in [0.05, 0.1) is 16.4 Å². The van der Waals surface area contributed by atoms with Crippen LogP contribution in [0.2, 0.25) is 5.02 Å². The Bertz CT molecular complexity index is 1750. The molecule has 2 heterocycles. The van der Waals surface area contributed by atoms with E-state index in [9.17, 15) is 14.4 Å². The highest BCUT2D eigenvalue weighted by Crippen LogP contribution is 2.33. The van der Waals surface area contributed by atoms with Gasteiger partial charge in [-0.15, -0.1) is 0 Å². The van der Waals surface area contributed by atoms with Crippen molar-refractivity contribution < 1.29 is 14.4 Å². The maximum absolute atomic E-state index is 13.4. The van der Waals surface area contributed by atoms with Crippen LogP contribution in [0.15, 0.2) is 96.0 Å². The van der Waals surface area contributed by atoms with E-state index in [1.54, 1.807) is 72.9 Å². The summed E-state index contributed by atoms with van der Waals surface area (Å²) in [6.45, 7) is 4.06. The van der Waals surface area contributed by atoms with E-state index in [1.807, 2.05) is 12.1 Å². The van der Waals surface area contributed by atoms with Crippen molar-refractivity contribution in [3.05, 3.63) is 113 Å². The quantitative estimate of drug-likeness (QED) is 0.167. The highest BCUT2D eigenvalue weighted by Gasteiger charge is 2.30. The Morgan fingerprint density at radius 3 is 2.41 bits per heavy atom. The molecule has 44 heavy (non-hydrogen) atoms. The monoisotopic (exact) mass is 606 g/mol. The molecule has 1 saturated heterocycles. The number of nitrogens with zero attached hydrogens (tertiary/aromatic N) is 3. The van der Waals surface area contributed by atoms with E-state index in [0.29, 0.717) is 33.2 Å². The Morgan fingerprint density at radius 2 is 1.64 bits per heavy atom. The number of amides is 3. The largest absolute Gasteiger partial charge is 0.369 e. The van der Waals surface area contributed by atoms with Crippen molar-refractivity contribution >= 4 is 64.0 Å². The van der Waals surface area contributed by atoms with E-state index >= 15 is 0 Å². The zero-order valence-electron chi connectivity index (χ0n) is 24.1. The topological polar surface area (TPSA) is 106 Å². The number of halogens is 1. The molecule has 0 aromatic heterocycles. The number of aliphatic imine (C=N–C) groups is 1. The smallest absolute Gasteiger partial charge is 0.323 e. The lowest BCUT2D eigenvalue weighted by Crippen LogP contribution is -2.44. The van der Waals surface area contributed by atoms with E-state index in [-0.39, 0.29) is 11.7 Å². The number of fused-ring (bicyclic) bond motifs is 1. The lowest BCUT2D eigenvalue weighted by Gasteiger charge is -2.34. The lowest BCUT2D eigenvalue weighted by atomic mass is 9.97. The van der Waals surface area contributed by atoms with Crippen LogP contribution in [0.25, 0.3) is 0 Å². The highest BCUT2D eigenvalue weighted by atomic mass is 35.5. The number of hydrogen-bond acceptors (Lipinski definition) is 6. The molecule has 10 heteroatoms. The summed E-state index contributed by atoms with van der Waals surface area (Å²) in [5, 5.41) is 8.72. The Kier molecular flexibility index (Phi) is 8.40. The third kappa shape index (κ3) is 6.49. The second kappa shape index (κ2) is 12.7. The molecule has 0 spiro atoms. The molecule has 0 bridgehead atoms. The summed E-state index contributed by atoms with van der Waals surface area (Å²) in [6.07, 6.45) is 1.65. The lowest BCUT2D eigenvalue weighted by molar-refractivity contribution is -0.115. The number of urea groups is 1. The van der Waals surface area contributed by atoms with E-state index < -0.39 is 11.9 Å². The molecule has 0 aliphatic carbocycles. The van der Waals surface area contributed by atoms with E-state index in [2.05, 4.69) is 49.9 Å². The third-order valence-corrected chi connectivity index (χ3v) is 8.12. The fraction of sp³-hybridized carbons (Fsp3) is 0.176. The van der Waals surface area contributed by atoms with Crippen LogP contribution >= 0.6 is 11.6 Å². The summed E-state index contributed by atoms with van der Waals surface area (Å²) in [4.78, 5) is 47.9. The van der Waals surface area contributed by atoms with Gasteiger partial charge in [-0.2, -0.15) is 0 Å². The van der Waals surface area contributed by atoms with Crippen molar-refractivity contribution in [3.8, 4) is 0 Å². The summed E-state index contributed by atoms with van der Waals surface area (Å²) in [5.74, 6) is -0.997. The van der Waals surface area contributed by atoms with Gasteiger partial charge in [-0.3, -0.25) is 14.6 Å². The van der Waals surface area contributed by atoms with Crippen molar-refractivity contribution in [1.82, 2.24) is 4.90 Å². The second-order valence-corrected chi connectivity index (χ2v) is 11.2. The molecule has 1 unspecified atom stereocenters. The molecular weight excluding hydrogens is 576 g/mol. The SMILES string of the molecule is CN1CCN(c2ccc(N=CC3C(=O)Nc4cc(C(=O)c5cccc(NC(=O)Nc6ccccc6Cl)c5)ccc43)cc2)CC1. The first-order valence-electron chi connectivity index (χ1n) is 14.3. The van der Waals surface area contributed by atoms with Gasteiger partial charge >= 0.3 is 6.03 Å². The van der Waals surface area contributed by atoms with Gasteiger partial charge in [-0.25, -0.2) is 4.79 Å². The van der Waals surface area contributed by atoms with Crippen LogP contribution in [0.5, 0.6) is 0 Å². The van der Waals surface area contributed by atoms with Crippen LogP contribution in [0.1, 0.15) is 27.4 Å². The molecule has 0 radical (unpaired) electrons. The zero-order valence-corrected chi connectivity index (χ0v) is 24.8. The minimum Gasteiger partial charge on any atom is -0.369 e. The second-order valence-electron chi connectivity index (χ2n) is 10.8. The number of para-hydroxylation sites is 1. The minimum atomic E-state index is -0.560. The zero-order chi connectivity index (χ0) is 30.6. The predicted molar refractivity (Wildman–Crippen MR) is 176 cm³/mol. The molecule has 1 atom stereocenters. The number of likely N-dealkylation sites (N-methyl/N-ethyl adjacent to an activating group) is 1. The van der Waals surface area contributed by atoms with Crippen molar-refractivity contribution in [2.24, 2.45) is 4.99 Å². The fourth-order valence-corrected chi connectivity index (χ4v) is 5.49. The summed E-state index contributed by atoms with van der Waals surface area (Å²) in [5.41, 5.74) is 5.00. The van der Waals surface area contributed by atoms with Crippen LogP contribution in [0.4, 0.5) is 33.2 Å². The van der Waals surface area contributed by atoms with Gasteiger partial charge in [-0.1, -0.05) is 48.0 Å². The molecule has 4 aromatic carbocycles. The third-order valence-electron chi connectivity index (χ3n) is 7.79. The summed E-state index contributed by atoms with van der Waals surface area (Å²) < 4.78 is 0. The molecule has 3 N–H and O–H groups in total. The maximum atomic E-state index is 13.4. The summed E-state index contributed by atoms with van der Waals surface area (Å²) in [7, 11) is 2.14. The number of nitrogens with one attached hydrogen (secondary N) is 3. The highest BCUT2D eigenvalue weighted by molar-refractivity contribution is 6.33.